The smallest absolute Gasteiger partial charge is 0.237 e. The van der Waals surface area contributed by atoms with Crippen LogP contribution < -0.4 is 10.6 Å². The lowest BCUT2D eigenvalue weighted by Gasteiger charge is -2.10. The number of hydrogen-bond donors (Lipinski definition) is 3. The van der Waals surface area contributed by atoms with Gasteiger partial charge >= 0.3 is 0 Å². The Labute approximate surface area is 90.4 Å². The summed E-state index contributed by atoms with van der Waals surface area (Å²) >= 11 is 0. The zero-order valence-electron chi connectivity index (χ0n) is 9.20. The van der Waals surface area contributed by atoms with Gasteiger partial charge in [0.05, 0.1) is 12.1 Å². The van der Waals surface area contributed by atoms with E-state index in [0.29, 0.717) is 24.9 Å². The average molecular weight is 212 g/mol. The third kappa shape index (κ3) is 2.69. The van der Waals surface area contributed by atoms with E-state index in [-0.39, 0.29) is 18.1 Å². The van der Waals surface area contributed by atoms with Crippen LogP contribution in [-0.2, 0) is 4.79 Å². The van der Waals surface area contributed by atoms with E-state index in [1.54, 1.807) is 0 Å². The van der Waals surface area contributed by atoms with Gasteiger partial charge in [-0.3, -0.25) is 4.79 Å². The van der Waals surface area contributed by atoms with Crippen LogP contribution in [0.4, 0.5) is 0 Å². The van der Waals surface area contributed by atoms with E-state index >= 15 is 0 Å². The van der Waals surface area contributed by atoms with Crippen molar-refractivity contribution in [2.24, 2.45) is 5.92 Å². The van der Waals surface area contributed by atoms with Crippen molar-refractivity contribution in [1.82, 2.24) is 10.6 Å². The van der Waals surface area contributed by atoms with Crippen molar-refractivity contribution in [2.45, 2.75) is 50.8 Å². The molecule has 0 radical (unpaired) electrons. The van der Waals surface area contributed by atoms with E-state index in [2.05, 4.69) is 17.6 Å². The molecule has 1 aliphatic carbocycles. The van der Waals surface area contributed by atoms with Crippen molar-refractivity contribution in [3.63, 3.8) is 0 Å². The number of hydrogen-bond acceptors (Lipinski definition) is 3. The minimum absolute atomic E-state index is 0.0650. The van der Waals surface area contributed by atoms with Gasteiger partial charge in [-0.2, -0.15) is 0 Å². The topological polar surface area (TPSA) is 61.4 Å². The minimum Gasteiger partial charge on any atom is -0.392 e. The predicted molar refractivity (Wildman–Crippen MR) is 57.4 cm³/mol. The Morgan fingerprint density at radius 1 is 1.53 bits per heavy atom. The largest absolute Gasteiger partial charge is 0.392 e. The number of carbonyl (C=O) groups is 1. The molecule has 0 aromatic rings. The van der Waals surface area contributed by atoms with E-state index in [9.17, 15) is 9.90 Å². The number of carbonyl (C=O) groups excluding carboxylic acids is 1. The molecule has 2 unspecified atom stereocenters. The fourth-order valence-electron chi connectivity index (χ4n) is 2.31. The van der Waals surface area contributed by atoms with Gasteiger partial charge in [0.25, 0.3) is 0 Å². The normalized spacial score (nSPS) is 39.1. The van der Waals surface area contributed by atoms with Crippen LogP contribution in [-0.4, -0.2) is 35.7 Å². The Balaban J connectivity index is 1.70. The van der Waals surface area contributed by atoms with Crippen molar-refractivity contribution in [3.8, 4) is 0 Å². The Kier molecular flexibility index (Phi) is 3.26. The highest BCUT2D eigenvalue weighted by molar-refractivity contribution is 5.82. The Morgan fingerprint density at radius 2 is 2.33 bits per heavy atom. The maximum Gasteiger partial charge on any atom is 0.237 e. The highest BCUT2D eigenvalue weighted by Gasteiger charge is 2.39. The molecule has 0 aromatic carbocycles. The molecule has 3 N–H and O–H groups in total. The van der Waals surface area contributed by atoms with Crippen LogP contribution in [0.25, 0.3) is 0 Å². The monoisotopic (exact) mass is 212 g/mol. The first-order valence-corrected chi connectivity index (χ1v) is 5.92. The van der Waals surface area contributed by atoms with Crippen LogP contribution >= 0.6 is 0 Å². The summed E-state index contributed by atoms with van der Waals surface area (Å²) in [5.41, 5.74) is 0. The van der Waals surface area contributed by atoms with E-state index in [1.165, 1.54) is 12.8 Å². The summed E-state index contributed by atoms with van der Waals surface area (Å²) in [6.45, 7) is 2.72. The molecule has 4 heteroatoms. The minimum atomic E-state index is -0.355. The summed E-state index contributed by atoms with van der Waals surface area (Å²) in [7, 11) is 0. The van der Waals surface area contributed by atoms with Gasteiger partial charge in [-0.05, 0) is 25.2 Å². The Bertz CT molecular complexity index is 245. The van der Waals surface area contributed by atoms with E-state index < -0.39 is 0 Å². The van der Waals surface area contributed by atoms with Crippen LogP contribution in [0.1, 0.15) is 32.6 Å². The van der Waals surface area contributed by atoms with Gasteiger partial charge in [0.1, 0.15) is 0 Å². The fourth-order valence-corrected chi connectivity index (χ4v) is 2.31. The lowest BCUT2D eigenvalue weighted by Crippen LogP contribution is -2.41. The van der Waals surface area contributed by atoms with Crippen molar-refractivity contribution in [1.29, 1.82) is 0 Å². The van der Waals surface area contributed by atoms with Gasteiger partial charge in [-0.15, -0.1) is 0 Å². The lowest BCUT2D eigenvalue weighted by molar-refractivity contribution is -0.123. The number of aliphatic hydroxyl groups excluding tert-OH is 1. The first kappa shape index (κ1) is 10.9. The SMILES string of the molecule is CCCC1CC1NC(=O)[C@H]1C[C@H](O)CN1. The summed E-state index contributed by atoms with van der Waals surface area (Å²) in [5.74, 6) is 0.764. The fraction of sp³-hybridized carbons (Fsp3) is 0.909. The maximum absolute atomic E-state index is 11.7. The molecule has 15 heavy (non-hydrogen) atoms. The summed E-state index contributed by atoms with van der Waals surface area (Å²) in [6.07, 6.45) is 3.74. The third-order valence-electron chi connectivity index (χ3n) is 3.33. The third-order valence-corrected chi connectivity index (χ3v) is 3.33. The standard InChI is InChI=1S/C11H20N2O2/c1-2-3-7-4-9(7)13-11(15)10-5-8(14)6-12-10/h7-10,12,14H,2-6H2,1H3,(H,13,15)/t7?,8-,9?,10+/m0/s1. The van der Waals surface area contributed by atoms with Gasteiger partial charge in [-0.25, -0.2) is 0 Å². The van der Waals surface area contributed by atoms with Gasteiger partial charge in [0.15, 0.2) is 0 Å². The molecular weight excluding hydrogens is 192 g/mol. The quantitative estimate of drug-likeness (QED) is 0.615. The Hall–Kier alpha value is -0.610. The highest BCUT2D eigenvalue weighted by atomic mass is 16.3. The summed E-state index contributed by atoms with van der Waals surface area (Å²) in [5, 5.41) is 15.4. The number of aliphatic hydroxyl groups is 1. The maximum atomic E-state index is 11.7. The van der Waals surface area contributed by atoms with Crippen LogP contribution in [0.5, 0.6) is 0 Å². The second-order valence-electron chi connectivity index (χ2n) is 4.75. The first-order chi connectivity index (χ1) is 7.20. The zero-order valence-corrected chi connectivity index (χ0v) is 9.20. The molecule has 0 spiro atoms. The van der Waals surface area contributed by atoms with Crippen LogP contribution in [0.15, 0.2) is 0 Å². The summed E-state index contributed by atoms with van der Waals surface area (Å²) in [4.78, 5) is 11.7. The average Bonchev–Trinajstić information content (AvgIpc) is 2.76. The van der Waals surface area contributed by atoms with Crippen molar-refractivity contribution in [2.75, 3.05) is 6.54 Å². The van der Waals surface area contributed by atoms with Crippen LogP contribution in [0, 0.1) is 5.92 Å². The van der Waals surface area contributed by atoms with Crippen LogP contribution in [0.2, 0.25) is 0 Å². The van der Waals surface area contributed by atoms with Gasteiger partial charge in [0.2, 0.25) is 5.91 Å². The molecular formula is C11H20N2O2. The molecule has 86 valence electrons. The van der Waals surface area contributed by atoms with Crippen LogP contribution in [0.3, 0.4) is 0 Å². The molecule has 0 aromatic heterocycles. The van der Waals surface area contributed by atoms with Crippen molar-refractivity contribution in [3.05, 3.63) is 0 Å². The molecule has 2 fully saturated rings. The number of rotatable bonds is 4. The zero-order chi connectivity index (χ0) is 10.8. The predicted octanol–water partition coefficient (Wildman–Crippen LogP) is 0.0140. The second kappa shape index (κ2) is 4.49. The summed E-state index contributed by atoms with van der Waals surface area (Å²) < 4.78 is 0. The molecule has 1 amide bonds. The lowest BCUT2D eigenvalue weighted by atomic mass is 10.2. The van der Waals surface area contributed by atoms with E-state index in [1.807, 2.05) is 0 Å². The second-order valence-corrected chi connectivity index (χ2v) is 4.75. The molecule has 4 nitrogen and oxygen atoms in total. The summed E-state index contributed by atoms with van der Waals surface area (Å²) in [6, 6.07) is 0.222. The van der Waals surface area contributed by atoms with Gasteiger partial charge in [-0.1, -0.05) is 13.3 Å². The number of amides is 1. The van der Waals surface area contributed by atoms with Crippen molar-refractivity contribution >= 4 is 5.91 Å². The highest BCUT2D eigenvalue weighted by Crippen LogP contribution is 2.34. The molecule has 1 saturated heterocycles. The van der Waals surface area contributed by atoms with Crippen molar-refractivity contribution < 1.29 is 9.90 Å². The number of nitrogens with one attached hydrogen (secondary N) is 2. The molecule has 4 atom stereocenters. The van der Waals surface area contributed by atoms with Gasteiger partial charge in [0, 0.05) is 12.6 Å². The van der Waals surface area contributed by atoms with E-state index in [0.717, 1.165) is 6.42 Å². The first-order valence-electron chi connectivity index (χ1n) is 5.92. The molecule has 2 aliphatic rings. The van der Waals surface area contributed by atoms with Gasteiger partial charge < -0.3 is 15.7 Å². The number of β-amino-alcohol motifs (C(OH)–C–C–N with tert-alkyl or cyclic N) is 1. The Morgan fingerprint density at radius 3 is 2.93 bits per heavy atom. The molecule has 1 saturated carbocycles. The van der Waals surface area contributed by atoms with E-state index in [4.69, 9.17) is 0 Å². The molecule has 0 bridgehead atoms. The molecule has 1 aliphatic heterocycles. The molecule has 1 heterocycles. The molecule has 2 rings (SSSR count).